The molecule has 12 heteroatoms. The number of likely N-dealkylation sites (tertiary alicyclic amines) is 4. The lowest BCUT2D eigenvalue weighted by atomic mass is 9.93. The Labute approximate surface area is 419 Å². The Morgan fingerprint density at radius 3 is 1.33 bits per heavy atom. The van der Waals surface area contributed by atoms with Gasteiger partial charge in [0.15, 0.2) is 0 Å². The van der Waals surface area contributed by atoms with Gasteiger partial charge < -0.3 is 40.9 Å². The zero-order valence-corrected chi connectivity index (χ0v) is 44.6. The molecule has 69 heavy (non-hydrogen) atoms. The maximum atomic E-state index is 12.7. The number of carbonyl (C=O) groups is 4. The van der Waals surface area contributed by atoms with Crippen LogP contribution in [0, 0.1) is 53.3 Å². The number of carbonyl (C=O) groups excluding carboxylic acids is 4. The summed E-state index contributed by atoms with van der Waals surface area (Å²) in [7, 11) is 7.66. The van der Waals surface area contributed by atoms with Crippen LogP contribution in [0.15, 0.2) is 24.3 Å². The number of amides is 4. The van der Waals surface area contributed by atoms with E-state index < -0.39 is 0 Å². The summed E-state index contributed by atoms with van der Waals surface area (Å²) < 4.78 is 0. The molecule has 12 nitrogen and oxygen atoms in total. The van der Waals surface area contributed by atoms with Crippen LogP contribution in [0.3, 0.4) is 0 Å². The SMILES string of the molecule is CNC1C(=O)N(C2CC=CC2)CCCC1C.CNC1C(=O)N(C2CC=CCC2)CCCC1C.CNC1C(=O)N(C2CCC3CC3C2)CCCC1C.CNC1C(=O)N(CC2CCC3CC32)CCCC1C. The van der Waals surface area contributed by atoms with Crippen molar-refractivity contribution < 1.29 is 19.2 Å². The summed E-state index contributed by atoms with van der Waals surface area (Å²) in [6.45, 7) is 13.7. The van der Waals surface area contributed by atoms with Gasteiger partial charge >= 0.3 is 0 Å². The molecule has 390 valence electrons. The van der Waals surface area contributed by atoms with Crippen LogP contribution >= 0.6 is 0 Å². The van der Waals surface area contributed by atoms with Crippen LogP contribution < -0.4 is 21.3 Å². The van der Waals surface area contributed by atoms with Crippen LogP contribution in [0.2, 0.25) is 0 Å². The molecule has 4 saturated heterocycles. The molecule has 0 radical (unpaired) electrons. The second-order valence-electron chi connectivity index (χ2n) is 23.7. The molecule has 0 aromatic heterocycles. The monoisotopic (exact) mass is 959 g/mol. The first kappa shape index (κ1) is 54.0. The molecule has 6 aliphatic carbocycles. The molecule has 15 atom stereocenters. The van der Waals surface area contributed by atoms with E-state index in [0.29, 0.717) is 65.4 Å². The maximum Gasteiger partial charge on any atom is 0.240 e. The van der Waals surface area contributed by atoms with Crippen molar-refractivity contribution in [3.05, 3.63) is 24.3 Å². The molecular weight excluding hydrogens is 861 g/mol. The Morgan fingerprint density at radius 1 is 0.435 bits per heavy atom. The molecule has 0 spiro atoms. The quantitative estimate of drug-likeness (QED) is 0.176. The molecule has 4 saturated carbocycles. The minimum Gasteiger partial charge on any atom is -0.341 e. The maximum absolute atomic E-state index is 12.7. The van der Waals surface area contributed by atoms with Gasteiger partial charge in [-0.15, -0.1) is 0 Å². The summed E-state index contributed by atoms with van der Waals surface area (Å²) in [6.07, 6.45) is 33.0. The summed E-state index contributed by atoms with van der Waals surface area (Å²) in [5.74, 6) is 7.97. The van der Waals surface area contributed by atoms with E-state index in [0.717, 1.165) is 120 Å². The Kier molecular flexibility index (Phi) is 20.1. The van der Waals surface area contributed by atoms with Gasteiger partial charge in [-0.2, -0.15) is 0 Å². The molecule has 10 aliphatic rings. The third-order valence-electron chi connectivity index (χ3n) is 19.0. The van der Waals surface area contributed by atoms with E-state index in [-0.39, 0.29) is 24.2 Å². The summed E-state index contributed by atoms with van der Waals surface area (Å²) in [5.41, 5.74) is 0. The highest BCUT2D eigenvalue weighted by atomic mass is 16.2. The average Bonchev–Trinajstić information content (AvgIpc) is 4.25. The Hall–Kier alpha value is -2.80. The lowest BCUT2D eigenvalue weighted by Gasteiger charge is -2.35. The molecule has 0 aromatic carbocycles. The molecule has 10 rings (SSSR count). The van der Waals surface area contributed by atoms with Gasteiger partial charge in [0.1, 0.15) is 0 Å². The van der Waals surface area contributed by atoms with Crippen molar-refractivity contribution in [1.82, 2.24) is 40.9 Å². The third-order valence-corrected chi connectivity index (χ3v) is 19.0. The fourth-order valence-electron chi connectivity index (χ4n) is 14.4. The molecule has 0 aromatic rings. The Balaban J connectivity index is 0.000000136. The number of nitrogens with one attached hydrogen (secondary N) is 4. The number of nitrogens with zero attached hydrogens (tertiary/aromatic N) is 4. The Morgan fingerprint density at radius 2 is 0.884 bits per heavy atom. The van der Waals surface area contributed by atoms with Crippen molar-refractivity contribution in [3.8, 4) is 0 Å². The van der Waals surface area contributed by atoms with Crippen LogP contribution in [0.25, 0.3) is 0 Å². The zero-order chi connectivity index (χ0) is 49.2. The fraction of sp³-hybridized carbons (Fsp3) is 0.860. The normalized spacial score (nSPS) is 39.0. The van der Waals surface area contributed by atoms with E-state index in [2.05, 4.69) is 92.9 Å². The lowest BCUT2D eigenvalue weighted by molar-refractivity contribution is -0.137. The van der Waals surface area contributed by atoms with E-state index in [1.807, 2.05) is 28.2 Å². The highest BCUT2D eigenvalue weighted by Gasteiger charge is 2.49. The van der Waals surface area contributed by atoms with Gasteiger partial charge in [-0.25, -0.2) is 0 Å². The molecule has 4 N–H and O–H groups in total. The Bertz CT molecular complexity index is 1730. The van der Waals surface area contributed by atoms with Gasteiger partial charge in [-0.1, -0.05) is 52.0 Å². The number of fused-ring (bicyclic) bond motifs is 2. The van der Waals surface area contributed by atoms with E-state index in [1.54, 1.807) is 0 Å². The number of allylic oxidation sites excluding steroid dienone is 1. The molecule has 0 bridgehead atoms. The van der Waals surface area contributed by atoms with Crippen LogP contribution in [0.1, 0.15) is 156 Å². The van der Waals surface area contributed by atoms with E-state index in [1.165, 1.54) is 70.6 Å². The van der Waals surface area contributed by atoms with Gasteiger partial charge in [0.2, 0.25) is 23.6 Å². The van der Waals surface area contributed by atoms with Crippen molar-refractivity contribution in [3.63, 3.8) is 0 Å². The largest absolute Gasteiger partial charge is 0.341 e. The van der Waals surface area contributed by atoms with E-state index in [9.17, 15) is 19.2 Å². The van der Waals surface area contributed by atoms with Crippen LogP contribution in [0.5, 0.6) is 0 Å². The van der Waals surface area contributed by atoms with Crippen LogP contribution in [0.4, 0.5) is 0 Å². The van der Waals surface area contributed by atoms with Crippen LogP contribution in [-0.2, 0) is 19.2 Å². The summed E-state index contributed by atoms with van der Waals surface area (Å²) in [5, 5.41) is 12.9. The van der Waals surface area contributed by atoms with E-state index >= 15 is 0 Å². The molecule has 4 amide bonds. The first-order valence-corrected chi connectivity index (χ1v) is 28.6. The fourth-order valence-corrected chi connectivity index (χ4v) is 14.4. The number of hydrogen-bond donors (Lipinski definition) is 4. The molecule has 8 fully saturated rings. The predicted octanol–water partition coefficient (Wildman–Crippen LogP) is 7.39. The second-order valence-corrected chi connectivity index (χ2v) is 23.7. The minimum atomic E-state index is 0.0168. The van der Waals surface area contributed by atoms with Gasteiger partial charge in [0, 0.05) is 50.8 Å². The van der Waals surface area contributed by atoms with Crippen molar-refractivity contribution in [2.75, 3.05) is 60.9 Å². The standard InChI is InChI=1S/2C15H26N2O.C14H24N2O.C13H22N2O/c1-10-4-3-7-17(15(18)14(10)16-2)13-6-5-11-8-12(11)9-13;1-10-4-3-7-17(15(18)14(10)16-2)9-12-6-5-11-8-13(11)12;1-11-7-6-10-16(14(17)13(11)15-2)12-8-4-3-5-9-12;1-10-6-5-9-15(11-7-3-4-8-11)13(16)12(10)14-2/h2*10-14,16H,3-9H2,1-2H3;3-4,11-13,15H,5-10H2,1-2H3;3-4,10-12,14H,5-9H2,1-2H3. The average molecular weight is 959 g/mol. The van der Waals surface area contributed by atoms with Gasteiger partial charge in [-0.3, -0.25) is 19.2 Å². The van der Waals surface area contributed by atoms with E-state index in [4.69, 9.17) is 0 Å². The number of rotatable bonds is 9. The second kappa shape index (κ2) is 25.7. The third kappa shape index (κ3) is 13.6. The smallest absolute Gasteiger partial charge is 0.240 e. The topological polar surface area (TPSA) is 129 Å². The van der Waals surface area contributed by atoms with Gasteiger partial charge in [0.05, 0.1) is 24.2 Å². The molecule has 4 aliphatic heterocycles. The summed E-state index contributed by atoms with van der Waals surface area (Å²) >= 11 is 0. The highest BCUT2D eigenvalue weighted by molar-refractivity contribution is 5.84. The first-order valence-electron chi connectivity index (χ1n) is 28.6. The molecule has 15 unspecified atom stereocenters. The number of hydrogen-bond acceptors (Lipinski definition) is 8. The molecule has 4 heterocycles. The van der Waals surface area contributed by atoms with Crippen molar-refractivity contribution >= 4 is 23.6 Å². The van der Waals surface area contributed by atoms with Gasteiger partial charge in [0.25, 0.3) is 0 Å². The number of likely N-dealkylation sites (N-methyl/N-ethyl adjacent to an activating group) is 4. The van der Waals surface area contributed by atoms with Crippen molar-refractivity contribution in [1.29, 1.82) is 0 Å². The minimum absolute atomic E-state index is 0.0168. The lowest BCUT2D eigenvalue weighted by Crippen LogP contribution is -2.51. The first-order chi connectivity index (χ1) is 33.4. The van der Waals surface area contributed by atoms with Crippen LogP contribution in [-0.4, -0.2) is 146 Å². The zero-order valence-electron chi connectivity index (χ0n) is 44.6. The highest BCUT2D eigenvalue weighted by Crippen LogP contribution is 2.55. The van der Waals surface area contributed by atoms with Gasteiger partial charge in [-0.05, 0) is 210 Å². The predicted molar refractivity (Wildman–Crippen MR) is 279 cm³/mol. The summed E-state index contributed by atoms with van der Waals surface area (Å²) in [6, 6.07) is 1.53. The summed E-state index contributed by atoms with van der Waals surface area (Å²) in [4.78, 5) is 58.8. The van der Waals surface area contributed by atoms with Crippen molar-refractivity contribution in [2.45, 2.75) is 198 Å². The molecular formula is C57H98N8O4. The van der Waals surface area contributed by atoms with Crippen molar-refractivity contribution in [2.24, 2.45) is 53.3 Å².